The topological polar surface area (TPSA) is 67.6 Å². The predicted molar refractivity (Wildman–Crippen MR) is 97.6 cm³/mol. The summed E-state index contributed by atoms with van der Waals surface area (Å²) in [4.78, 5) is 12.3. The number of anilines is 2. The van der Waals surface area contributed by atoms with Crippen LogP contribution in [0.2, 0.25) is 0 Å². The Morgan fingerprint density at radius 3 is 2.68 bits per heavy atom. The third kappa shape index (κ3) is 4.26. The van der Waals surface area contributed by atoms with Gasteiger partial charge in [0.05, 0.1) is 29.9 Å². The molecule has 0 unspecified atom stereocenters. The molecule has 1 aliphatic rings. The summed E-state index contributed by atoms with van der Waals surface area (Å²) in [6, 6.07) is 9.55. The van der Waals surface area contributed by atoms with E-state index in [0.29, 0.717) is 19.8 Å². The lowest BCUT2D eigenvalue weighted by Gasteiger charge is -2.31. The lowest BCUT2D eigenvalue weighted by atomic mass is 10.1. The number of hydrogen-bond acceptors (Lipinski definition) is 5. The zero-order chi connectivity index (χ0) is 17.8. The number of ether oxygens (including phenoxy) is 1. The number of benzene rings is 2. The number of nitrogens with zero attached hydrogens (tertiary/aromatic N) is 2. The molecular weight excluding hydrogens is 393 g/mol. The second kappa shape index (κ2) is 7.79. The number of nitrogens with one attached hydrogen (secondary N) is 1. The first-order valence-corrected chi connectivity index (χ1v) is 8.63. The van der Waals surface area contributed by atoms with E-state index in [4.69, 9.17) is 4.74 Å². The predicted octanol–water partition coefficient (Wildman–Crippen LogP) is 3.95. The quantitative estimate of drug-likeness (QED) is 0.598. The molecule has 8 heteroatoms. The summed E-state index contributed by atoms with van der Waals surface area (Å²) >= 11 is 3.49. The van der Waals surface area contributed by atoms with Gasteiger partial charge in [0.1, 0.15) is 0 Å². The number of hydrogen-bond donors (Lipinski definition) is 1. The van der Waals surface area contributed by atoms with Gasteiger partial charge in [-0.3, -0.25) is 10.1 Å². The number of non-ortho nitro benzene ring substituents is 1. The van der Waals surface area contributed by atoms with Crippen molar-refractivity contribution in [3.05, 3.63) is 62.4 Å². The Balaban J connectivity index is 1.78. The van der Waals surface area contributed by atoms with Crippen LogP contribution < -0.4 is 10.2 Å². The number of morpholine rings is 1. The lowest BCUT2D eigenvalue weighted by Crippen LogP contribution is -2.36. The fourth-order valence-corrected chi connectivity index (χ4v) is 3.09. The minimum absolute atomic E-state index is 0.237. The van der Waals surface area contributed by atoms with E-state index >= 15 is 0 Å². The minimum Gasteiger partial charge on any atom is -0.379 e. The molecule has 1 saturated heterocycles. The van der Waals surface area contributed by atoms with Crippen LogP contribution in [0.15, 0.2) is 40.9 Å². The summed E-state index contributed by atoms with van der Waals surface area (Å²) in [5.74, 6) is -0.640. The maximum atomic E-state index is 14.0. The normalized spacial score (nSPS) is 14.4. The molecule has 1 N–H and O–H groups in total. The van der Waals surface area contributed by atoms with Gasteiger partial charge < -0.3 is 15.0 Å². The van der Waals surface area contributed by atoms with Gasteiger partial charge in [-0.2, -0.15) is 0 Å². The summed E-state index contributed by atoms with van der Waals surface area (Å²) in [6.07, 6.45) is 0. The summed E-state index contributed by atoms with van der Waals surface area (Å²) in [7, 11) is 0. The molecule has 2 aromatic carbocycles. The second-order valence-corrected chi connectivity index (χ2v) is 6.56. The third-order valence-electron chi connectivity index (χ3n) is 4.03. The number of nitro benzene ring substituents is 1. The zero-order valence-corrected chi connectivity index (χ0v) is 15.0. The molecule has 132 valence electrons. The molecular formula is C17H17BrFN3O3. The lowest BCUT2D eigenvalue weighted by molar-refractivity contribution is -0.385. The highest BCUT2D eigenvalue weighted by Gasteiger charge is 2.16. The highest BCUT2D eigenvalue weighted by Crippen LogP contribution is 2.28. The van der Waals surface area contributed by atoms with Crippen molar-refractivity contribution >= 4 is 33.0 Å². The van der Waals surface area contributed by atoms with E-state index < -0.39 is 10.7 Å². The molecule has 6 nitrogen and oxygen atoms in total. The van der Waals surface area contributed by atoms with Crippen LogP contribution in [0.3, 0.4) is 0 Å². The average Bonchev–Trinajstić information content (AvgIpc) is 2.62. The Kier molecular flexibility index (Phi) is 5.50. The smallest absolute Gasteiger partial charge is 0.272 e. The van der Waals surface area contributed by atoms with Crippen molar-refractivity contribution < 1.29 is 14.1 Å². The van der Waals surface area contributed by atoms with Crippen molar-refractivity contribution in [1.29, 1.82) is 0 Å². The Morgan fingerprint density at radius 1 is 1.24 bits per heavy atom. The van der Waals surface area contributed by atoms with Crippen LogP contribution in [-0.2, 0) is 11.3 Å². The van der Waals surface area contributed by atoms with Gasteiger partial charge in [0.25, 0.3) is 5.69 Å². The SMILES string of the molecule is O=[N+]([O-])c1ccc(NCc2ccc(Br)cc2N2CCOCC2)c(F)c1. The number of halogens is 2. The van der Waals surface area contributed by atoms with Crippen LogP contribution in [0.4, 0.5) is 21.5 Å². The van der Waals surface area contributed by atoms with Gasteiger partial charge in [-0.25, -0.2) is 4.39 Å². The van der Waals surface area contributed by atoms with Crippen molar-refractivity contribution in [3.8, 4) is 0 Å². The van der Waals surface area contributed by atoms with Crippen LogP contribution in [0, 0.1) is 15.9 Å². The minimum atomic E-state index is -0.640. The van der Waals surface area contributed by atoms with Gasteiger partial charge in [-0.05, 0) is 23.8 Å². The van der Waals surface area contributed by atoms with Gasteiger partial charge >= 0.3 is 0 Å². The Morgan fingerprint density at radius 2 is 2.00 bits per heavy atom. The molecule has 0 atom stereocenters. The highest BCUT2D eigenvalue weighted by molar-refractivity contribution is 9.10. The van der Waals surface area contributed by atoms with Crippen molar-refractivity contribution in [2.75, 3.05) is 36.5 Å². The van der Waals surface area contributed by atoms with E-state index in [1.54, 1.807) is 0 Å². The molecule has 0 bridgehead atoms. The standard InChI is InChI=1S/C17H17BrFN3O3/c18-13-2-1-12(17(9-13)21-5-7-25-8-6-21)11-20-16-4-3-14(22(23)24)10-15(16)19/h1-4,9-10,20H,5-8,11H2. The molecule has 0 saturated carbocycles. The van der Waals surface area contributed by atoms with Gasteiger partial charge in [-0.1, -0.05) is 22.0 Å². The summed E-state index contributed by atoms with van der Waals surface area (Å²) in [5.41, 5.74) is 2.05. The molecule has 2 aromatic rings. The van der Waals surface area contributed by atoms with Crippen molar-refractivity contribution in [2.45, 2.75) is 6.54 Å². The van der Waals surface area contributed by atoms with Crippen LogP contribution in [0.25, 0.3) is 0 Å². The number of nitro groups is 1. The van der Waals surface area contributed by atoms with Crippen molar-refractivity contribution in [3.63, 3.8) is 0 Å². The Hall–Kier alpha value is -2.19. The molecule has 1 aliphatic heterocycles. The van der Waals surface area contributed by atoms with E-state index in [2.05, 4.69) is 26.1 Å². The van der Waals surface area contributed by atoms with Gasteiger partial charge in [0.15, 0.2) is 5.82 Å². The van der Waals surface area contributed by atoms with E-state index in [0.717, 1.165) is 34.9 Å². The second-order valence-electron chi connectivity index (χ2n) is 5.65. The van der Waals surface area contributed by atoms with Crippen LogP contribution in [-0.4, -0.2) is 31.2 Å². The zero-order valence-electron chi connectivity index (χ0n) is 13.4. The van der Waals surface area contributed by atoms with E-state index in [1.807, 2.05) is 18.2 Å². The summed E-state index contributed by atoms with van der Waals surface area (Å²) in [5, 5.41) is 13.7. The summed E-state index contributed by atoms with van der Waals surface area (Å²) in [6.45, 7) is 3.37. The van der Waals surface area contributed by atoms with Crippen molar-refractivity contribution in [2.24, 2.45) is 0 Å². The van der Waals surface area contributed by atoms with E-state index in [-0.39, 0.29) is 11.4 Å². The third-order valence-corrected chi connectivity index (χ3v) is 4.53. The van der Waals surface area contributed by atoms with Gasteiger partial charge in [0, 0.05) is 35.9 Å². The largest absolute Gasteiger partial charge is 0.379 e. The maximum absolute atomic E-state index is 14.0. The number of rotatable bonds is 5. The van der Waals surface area contributed by atoms with Gasteiger partial charge in [0.2, 0.25) is 0 Å². The van der Waals surface area contributed by atoms with E-state index in [9.17, 15) is 14.5 Å². The first kappa shape index (κ1) is 17.6. The average molecular weight is 410 g/mol. The molecule has 3 rings (SSSR count). The fourth-order valence-electron chi connectivity index (χ4n) is 2.74. The molecule has 0 spiro atoms. The fraction of sp³-hybridized carbons (Fsp3) is 0.294. The van der Waals surface area contributed by atoms with Gasteiger partial charge in [-0.15, -0.1) is 0 Å². The van der Waals surface area contributed by atoms with Crippen LogP contribution in [0.1, 0.15) is 5.56 Å². The molecule has 1 heterocycles. The highest BCUT2D eigenvalue weighted by atomic mass is 79.9. The van der Waals surface area contributed by atoms with Crippen LogP contribution in [0.5, 0.6) is 0 Å². The first-order valence-electron chi connectivity index (χ1n) is 7.83. The monoisotopic (exact) mass is 409 g/mol. The van der Waals surface area contributed by atoms with E-state index in [1.165, 1.54) is 12.1 Å². The molecule has 1 fully saturated rings. The summed E-state index contributed by atoms with van der Waals surface area (Å²) < 4.78 is 20.4. The molecule has 0 amide bonds. The molecule has 0 radical (unpaired) electrons. The molecule has 0 aromatic heterocycles. The maximum Gasteiger partial charge on any atom is 0.272 e. The van der Waals surface area contributed by atoms with Crippen molar-refractivity contribution in [1.82, 2.24) is 0 Å². The van der Waals surface area contributed by atoms with Crippen LogP contribution >= 0.6 is 15.9 Å². The molecule has 0 aliphatic carbocycles. The Labute approximate surface area is 152 Å². The first-order chi connectivity index (χ1) is 12.0. The molecule has 25 heavy (non-hydrogen) atoms. The Bertz CT molecular complexity index is 782.